The average Bonchev–Trinajstić information content (AvgIpc) is 2.42. The molecule has 0 aliphatic rings. The molecule has 0 aromatic heterocycles. The summed E-state index contributed by atoms with van der Waals surface area (Å²) in [6.45, 7) is 1.76. The van der Waals surface area contributed by atoms with Gasteiger partial charge in [-0.1, -0.05) is 17.7 Å². The molecule has 0 fully saturated rings. The summed E-state index contributed by atoms with van der Waals surface area (Å²) in [6.07, 6.45) is 0. The smallest absolute Gasteiger partial charge is 0.311 e. The summed E-state index contributed by atoms with van der Waals surface area (Å²) < 4.78 is 5.47. The standard InChI is InChI=1S/C14H9ClN2O3/c1-9-2-4-14(12(6-9)17(18)19)20-13-5-3-10(8-16)7-11(13)15/h2-7H,1H3. The largest absolute Gasteiger partial charge is 0.449 e. The van der Waals surface area contributed by atoms with E-state index >= 15 is 0 Å². The van der Waals surface area contributed by atoms with E-state index in [2.05, 4.69) is 0 Å². The summed E-state index contributed by atoms with van der Waals surface area (Å²) in [4.78, 5) is 10.5. The molecule has 6 heteroatoms. The highest BCUT2D eigenvalue weighted by molar-refractivity contribution is 6.32. The Morgan fingerprint density at radius 2 is 1.95 bits per heavy atom. The van der Waals surface area contributed by atoms with Crippen molar-refractivity contribution in [2.75, 3.05) is 0 Å². The third-order valence-electron chi connectivity index (χ3n) is 2.59. The quantitative estimate of drug-likeness (QED) is 0.626. The van der Waals surface area contributed by atoms with Crippen LogP contribution >= 0.6 is 11.6 Å². The van der Waals surface area contributed by atoms with Crippen LogP contribution in [0.4, 0.5) is 5.69 Å². The van der Waals surface area contributed by atoms with Crippen molar-refractivity contribution in [1.29, 1.82) is 5.26 Å². The average molecular weight is 289 g/mol. The van der Waals surface area contributed by atoms with Gasteiger partial charge in [-0.15, -0.1) is 0 Å². The molecule has 0 saturated heterocycles. The van der Waals surface area contributed by atoms with Crippen LogP contribution in [-0.2, 0) is 0 Å². The lowest BCUT2D eigenvalue weighted by Gasteiger charge is -2.08. The van der Waals surface area contributed by atoms with Gasteiger partial charge < -0.3 is 4.74 Å². The first kappa shape index (κ1) is 13.8. The molecular formula is C14H9ClN2O3. The molecule has 0 bridgehead atoms. The number of hydrogen-bond acceptors (Lipinski definition) is 4. The molecular weight excluding hydrogens is 280 g/mol. The number of nitriles is 1. The number of aryl methyl sites for hydroxylation is 1. The van der Waals surface area contributed by atoms with Gasteiger partial charge >= 0.3 is 5.69 Å². The molecule has 0 amide bonds. The maximum atomic E-state index is 11.0. The highest BCUT2D eigenvalue weighted by Crippen LogP contribution is 2.35. The molecule has 0 aliphatic heterocycles. The van der Waals surface area contributed by atoms with Gasteiger partial charge in [0.25, 0.3) is 0 Å². The van der Waals surface area contributed by atoms with E-state index in [0.29, 0.717) is 5.56 Å². The van der Waals surface area contributed by atoms with Gasteiger partial charge in [-0.3, -0.25) is 10.1 Å². The highest BCUT2D eigenvalue weighted by atomic mass is 35.5. The molecule has 20 heavy (non-hydrogen) atoms. The molecule has 2 aromatic carbocycles. The third kappa shape index (κ3) is 2.87. The van der Waals surface area contributed by atoms with Crippen LogP contribution in [0, 0.1) is 28.4 Å². The van der Waals surface area contributed by atoms with Crippen LogP contribution in [0.5, 0.6) is 11.5 Å². The Hall–Kier alpha value is -2.58. The Morgan fingerprint density at radius 3 is 2.55 bits per heavy atom. The lowest BCUT2D eigenvalue weighted by molar-refractivity contribution is -0.385. The fourth-order valence-electron chi connectivity index (χ4n) is 1.63. The summed E-state index contributed by atoms with van der Waals surface area (Å²) in [5.74, 6) is 0.366. The van der Waals surface area contributed by atoms with Gasteiger partial charge in [-0.05, 0) is 36.8 Å². The van der Waals surface area contributed by atoms with Gasteiger partial charge in [0.1, 0.15) is 5.75 Å². The number of ether oxygens (including phenoxy) is 1. The zero-order chi connectivity index (χ0) is 14.7. The van der Waals surface area contributed by atoms with Crippen molar-refractivity contribution >= 4 is 17.3 Å². The molecule has 0 radical (unpaired) electrons. The van der Waals surface area contributed by atoms with Gasteiger partial charge in [0, 0.05) is 6.07 Å². The summed E-state index contributed by atoms with van der Waals surface area (Å²) in [5, 5.41) is 20.0. The zero-order valence-corrected chi connectivity index (χ0v) is 11.2. The van der Waals surface area contributed by atoms with Crippen LogP contribution in [-0.4, -0.2) is 4.92 Å². The summed E-state index contributed by atoms with van der Waals surface area (Å²) in [7, 11) is 0. The first-order valence-electron chi connectivity index (χ1n) is 5.64. The second kappa shape index (κ2) is 5.59. The van der Waals surface area contributed by atoms with Crippen LogP contribution in [0.2, 0.25) is 5.02 Å². The van der Waals surface area contributed by atoms with Crippen molar-refractivity contribution in [3.63, 3.8) is 0 Å². The lowest BCUT2D eigenvalue weighted by Crippen LogP contribution is -1.94. The van der Waals surface area contributed by atoms with E-state index in [-0.39, 0.29) is 22.2 Å². The molecule has 5 nitrogen and oxygen atoms in total. The molecule has 0 N–H and O–H groups in total. The zero-order valence-electron chi connectivity index (χ0n) is 10.5. The molecule has 0 saturated carbocycles. The van der Waals surface area contributed by atoms with Gasteiger partial charge in [0.2, 0.25) is 5.75 Å². The Bertz CT molecular complexity index is 723. The van der Waals surface area contributed by atoms with Gasteiger partial charge in [-0.25, -0.2) is 0 Å². The second-order valence-electron chi connectivity index (χ2n) is 4.09. The predicted molar refractivity (Wildman–Crippen MR) is 74.1 cm³/mol. The van der Waals surface area contributed by atoms with Gasteiger partial charge in [-0.2, -0.15) is 5.26 Å². The van der Waals surface area contributed by atoms with E-state index in [4.69, 9.17) is 21.6 Å². The number of nitro benzene ring substituents is 1. The van der Waals surface area contributed by atoms with Crippen molar-refractivity contribution in [2.24, 2.45) is 0 Å². The van der Waals surface area contributed by atoms with Gasteiger partial charge in [0.05, 0.1) is 21.6 Å². The number of benzene rings is 2. The second-order valence-corrected chi connectivity index (χ2v) is 4.49. The number of hydrogen-bond donors (Lipinski definition) is 0. The number of rotatable bonds is 3. The van der Waals surface area contributed by atoms with E-state index < -0.39 is 4.92 Å². The first-order chi connectivity index (χ1) is 9.51. The van der Waals surface area contributed by atoms with E-state index in [0.717, 1.165) is 5.56 Å². The Morgan fingerprint density at radius 1 is 1.25 bits per heavy atom. The highest BCUT2D eigenvalue weighted by Gasteiger charge is 2.17. The minimum absolute atomic E-state index is 0.104. The van der Waals surface area contributed by atoms with Crippen molar-refractivity contribution < 1.29 is 9.66 Å². The maximum Gasteiger partial charge on any atom is 0.311 e. The van der Waals surface area contributed by atoms with Crippen LogP contribution in [0.3, 0.4) is 0 Å². The van der Waals surface area contributed by atoms with Crippen LogP contribution < -0.4 is 4.74 Å². The molecule has 0 heterocycles. The van der Waals surface area contributed by atoms with Crippen molar-refractivity contribution in [2.45, 2.75) is 6.92 Å². The lowest BCUT2D eigenvalue weighted by atomic mass is 10.2. The van der Waals surface area contributed by atoms with Crippen molar-refractivity contribution in [3.8, 4) is 17.6 Å². The van der Waals surface area contributed by atoms with Crippen LogP contribution in [0.1, 0.15) is 11.1 Å². The van der Waals surface area contributed by atoms with Crippen LogP contribution in [0.15, 0.2) is 36.4 Å². The fraction of sp³-hybridized carbons (Fsp3) is 0.0714. The summed E-state index contributed by atoms with van der Waals surface area (Å²) in [5.41, 5.74) is 1.01. The number of nitro groups is 1. The summed E-state index contributed by atoms with van der Waals surface area (Å²) >= 11 is 5.98. The molecule has 2 aromatic rings. The molecule has 2 rings (SSSR count). The monoisotopic (exact) mass is 288 g/mol. The van der Waals surface area contributed by atoms with Crippen molar-refractivity contribution in [1.82, 2.24) is 0 Å². The maximum absolute atomic E-state index is 11.0. The summed E-state index contributed by atoms with van der Waals surface area (Å²) in [6, 6.07) is 11.1. The molecule has 0 aliphatic carbocycles. The van der Waals surface area contributed by atoms with E-state index in [9.17, 15) is 10.1 Å². The molecule has 100 valence electrons. The third-order valence-corrected chi connectivity index (χ3v) is 2.89. The number of halogens is 1. The minimum Gasteiger partial charge on any atom is -0.449 e. The molecule has 0 atom stereocenters. The van der Waals surface area contributed by atoms with Gasteiger partial charge in [0.15, 0.2) is 0 Å². The fourth-order valence-corrected chi connectivity index (χ4v) is 1.85. The molecule has 0 unspecified atom stereocenters. The minimum atomic E-state index is -0.514. The topological polar surface area (TPSA) is 76.2 Å². The number of nitrogens with zero attached hydrogens (tertiary/aromatic N) is 2. The normalized spacial score (nSPS) is 9.85. The Balaban J connectivity index is 2.40. The van der Waals surface area contributed by atoms with E-state index in [1.54, 1.807) is 13.0 Å². The SMILES string of the molecule is Cc1ccc(Oc2ccc(C#N)cc2Cl)c([N+](=O)[O-])c1. The van der Waals surface area contributed by atoms with E-state index in [1.165, 1.54) is 30.3 Å². The van der Waals surface area contributed by atoms with Crippen LogP contribution in [0.25, 0.3) is 0 Å². The first-order valence-corrected chi connectivity index (χ1v) is 6.01. The predicted octanol–water partition coefficient (Wildman–Crippen LogP) is 4.22. The van der Waals surface area contributed by atoms with Crippen molar-refractivity contribution in [3.05, 3.63) is 62.7 Å². The Labute approximate surface area is 120 Å². The molecule has 0 spiro atoms. The van der Waals surface area contributed by atoms with E-state index in [1.807, 2.05) is 6.07 Å². The Kier molecular flexibility index (Phi) is 3.87.